The highest BCUT2D eigenvalue weighted by molar-refractivity contribution is 5.38. The van der Waals surface area contributed by atoms with Crippen molar-refractivity contribution in [1.82, 2.24) is 20.2 Å². The molecule has 6 heteroatoms. The minimum absolute atomic E-state index is 0.470. The Labute approximate surface area is 130 Å². The number of hydrogen-bond acceptors (Lipinski definition) is 6. The molecule has 2 heterocycles. The third kappa shape index (κ3) is 4.38. The first-order valence-electron chi connectivity index (χ1n) is 7.99. The van der Waals surface area contributed by atoms with Gasteiger partial charge in [-0.05, 0) is 24.5 Å². The summed E-state index contributed by atoms with van der Waals surface area (Å²) >= 11 is 0. The first kappa shape index (κ1) is 14.7. The molecule has 1 aliphatic carbocycles. The monoisotopic (exact) mass is 298 g/mol. The molecule has 1 saturated carbocycles. The minimum atomic E-state index is 0.470. The van der Waals surface area contributed by atoms with Gasteiger partial charge in [0, 0.05) is 25.0 Å². The van der Waals surface area contributed by atoms with Crippen molar-refractivity contribution >= 4 is 11.8 Å². The molecular formula is C16H22N6. The molecule has 0 bridgehead atoms. The Morgan fingerprint density at radius 3 is 2.73 bits per heavy atom. The number of hydrogen-bond donors (Lipinski definition) is 2. The summed E-state index contributed by atoms with van der Waals surface area (Å²) in [6, 6.07) is 4.42. The van der Waals surface area contributed by atoms with E-state index in [2.05, 4.69) is 30.8 Å². The number of nitrogens with zero attached hydrogens (tertiary/aromatic N) is 4. The number of nitrogens with one attached hydrogen (secondary N) is 2. The summed E-state index contributed by atoms with van der Waals surface area (Å²) in [5, 5.41) is 14.8. The molecule has 2 aromatic heterocycles. The van der Waals surface area contributed by atoms with E-state index in [1.54, 1.807) is 12.4 Å². The lowest BCUT2D eigenvalue weighted by molar-refractivity contribution is 0.613. The van der Waals surface area contributed by atoms with Gasteiger partial charge in [0.15, 0.2) is 5.82 Å². The molecule has 0 saturated heterocycles. The summed E-state index contributed by atoms with van der Waals surface area (Å²) in [5.41, 5.74) is 1.11. The van der Waals surface area contributed by atoms with Crippen LogP contribution in [0.15, 0.2) is 30.7 Å². The van der Waals surface area contributed by atoms with E-state index in [4.69, 9.17) is 0 Å². The molecule has 2 N–H and O–H groups in total. The van der Waals surface area contributed by atoms with Crippen LogP contribution in [0, 0.1) is 0 Å². The Kier molecular flexibility index (Phi) is 5.13. The van der Waals surface area contributed by atoms with E-state index < -0.39 is 0 Å². The van der Waals surface area contributed by atoms with Crippen LogP contribution in [-0.4, -0.2) is 26.2 Å². The van der Waals surface area contributed by atoms with Crippen molar-refractivity contribution in [3.63, 3.8) is 0 Å². The fourth-order valence-electron chi connectivity index (χ4n) is 2.75. The lowest BCUT2D eigenvalue weighted by Gasteiger charge is -2.16. The molecule has 0 aromatic carbocycles. The van der Waals surface area contributed by atoms with Gasteiger partial charge >= 0.3 is 0 Å². The van der Waals surface area contributed by atoms with Crippen LogP contribution in [0.1, 0.15) is 44.1 Å². The zero-order valence-corrected chi connectivity index (χ0v) is 12.7. The van der Waals surface area contributed by atoms with Gasteiger partial charge in [-0.3, -0.25) is 4.98 Å². The Morgan fingerprint density at radius 1 is 1.09 bits per heavy atom. The Balaban J connectivity index is 1.57. The number of pyridine rings is 1. The molecule has 0 aliphatic heterocycles. The number of aromatic nitrogens is 4. The maximum Gasteiger partial charge on any atom is 0.244 e. The second-order valence-corrected chi connectivity index (χ2v) is 5.71. The van der Waals surface area contributed by atoms with Gasteiger partial charge in [-0.25, -0.2) is 0 Å². The van der Waals surface area contributed by atoms with Crippen LogP contribution < -0.4 is 10.6 Å². The third-order valence-corrected chi connectivity index (χ3v) is 3.94. The van der Waals surface area contributed by atoms with Crippen LogP contribution in [0.2, 0.25) is 0 Å². The highest BCUT2D eigenvalue weighted by Gasteiger charge is 2.13. The molecular weight excluding hydrogens is 276 g/mol. The smallest absolute Gasteiger partial charge is 0.244 e. The Morgan fingerprint density at radius 2 is 1.95 bits per heavy atom. The summed E-state index contributed by atoms with van der Waals surface area (Å²) in [4.78, 5) is 8.60. The van der Waals surface area contributed by atoms with Crippen LogP contribution >= 0.6 is 0 Å². The molecule has 2 aromatic rings. The van der Waals surface area contributed by atoms with Gasteiger partial charge in [-0.2, -0.15) is 10.1 Å². The highest BCUT2D eigenvalue weighted by atomic mass is 15.3. The first-order chi connectivity index (χ1) is 10.9. The van der Waals surface area contributed by atoms with E-state index in [1.165, 1.54) is 38.5 Å². The number of anilines is 2. The molecule has 0 radical (unpaired) electrons. The summed E-state index contributed by atoms with van der Waals surface area (Å²) in [7, 11) is 0. The van der Waals surface area contributed by atoms with Gasteiger partial charge in [-0.15, -0.1) is 5.10 Å². The fourth-order valence-corrected chi connectivity index (χ4v) is 2.75. The van der Waals surface area contributed by atoms with Crippen molar-refractivity contribution in [3.05, 3.63) is 36.3 Å². The van der Waals surface area contributed by atoms with E-state index in [0.29, 0.717) is 18.5 Å². The van der Waals surface area contributed by atoms with Crippen LogP contribution in [0.5, 0.6) is 0 Å². The van der Waals surface area contributed by atoms with Gasteiger partial charge in [0.25, 0.3) is 0 Å². The van der Waals surface area contributed by atoms with Crippen LogP contribution in [-0.2, 0) is 6.54 Å². The topological polar surface area (TPSA) is 75.6 Å². The molecule has 22 heavy (non-hydrogen) atoms. The van der Waals surface area contributed by atoms with Crippen molar-refractivity contribution in [1.29, 1.82) is 0 Å². The lowest BCUT2D eigenvalue weighted by atomic mass is 10.1. The second-order valence-electron chi connectivity index (χ2n) is 5.71. The minimum Gasteiger partial charge on any atom is -0.364 e. The number of rotatable bonds is 5. The fraction of sp³-hybridized carbons (Fsp3) is 0.500. The van der Waals surface area contributed by atoms with Gasteiger partial charge in [-0.1, -0.05) is 31.7 Å². The quantitative estimate of drug-likeness (QED) is 0.826. The van der Waals surface area contributed by atoms with Crippen LogP contribution in [0.25, 0.3) is 0 Å². The first-order valence-corrected chi connectivity index (χ1v) is 7.99. The molecule has 1 aliphatic rings. The maximum absolute atomic E-state index is 4.50. The zero-order chi connectivity index (χ0) is 15.0. The average Bonchev–Trinajstić information content (AvgIpc) is 2.83. The lowest BCUT2D eigenvalue weighted by Crippen LogP contribution is -2.20. The predicted octanol–water partition coefficient (Wildman–Crippen LogP) is 3.01. The van der Waals surface area contributed by atoms with E-state index in [9.17, 15) is 0 Å². The molecule has 3 rings (SSSR count). The molecule has 0 amide bonds. The summed E-state index contributed by atoms with van der Waals surface area (Å²) in [6.07, 6.45) is 12.9. The normalized spacial score (nSPS) is 16.0. The van der Waals surface area contributed by atoms with Crippen LogP contribution in [0.4, 0.5) is 11.8 Å². The highest BCUT2D eigenvalue weighted by Crippen LogP contribution is 2.19. The van der Waals surface area contributed by atoms with Crippen LogP contribution in [0.3, 0.4) is 0 Å². The standard InChI is InChI=1S/C16H22N6/c1-2-4-8-14(7-3-1)20-16-21-15(12-19-22-16)18-11-13-6-5-9-17-10-13/h5-6,9-10,12,14H,1-4,7-8,11H2,(H2,18,20,21,22). The summed E-state index contributed by atoms with van der Waals surface area (Å²) in [5.74, 6) is 1.35. The largest absolute Gasteiger partial charge is 0.364 e. The molecule has 0 unspecified atom stereocenters. The Hall–Kier alpha value is -2.24. The van der Waals surface area contributed by atoms with Gasteiger partial charge < -0.3 is 10.6 Å². The van der Waals surface area contributed by atoms with E-state index in [1.807, 2.05) is 18.3 Å². The molecule has 116 valence electrons. The van der Waals surface area contributed by atoms with Crippen molar-refractivity contribution in [2.24, 2.45) is 0 Å². The maximum atomic E-state index is 4.50. The molecule has 0 spiro atoms. The van der Waals surface area contributed by atoms with Crippen molar-refractivity contribution in [2.75, 3.05) is 10.6 Å². The van der Waals surface area contributed by atoms with Gasteiger partial charge in [0.05, 0.1) is 6.20 Å². The molecule has 6 nitrogen and oxygen atoms in total. The van der Waals surface area contributed by atoms with Crippen molar-refractivity contribution in [3.8, 4) is 0 Å². The Bertz CT molecular complexity index is 566. The van der Waals surface area contributed by atoms with E-state index in [0.717, 1.165) is 11.4 Å². The molecule has 1 fully saturated rings. The molecule has 0 atom stereocenters. The zero-order valence-electron chi connectivity index (χ0n) is 12.7. The SMILES string of the molecule is c1cncc(CNc2cnnc(NC3CCCCCC3)n2)c1. The van der Waals surface area contributed by atoms with Crippen molar-refractivity contribution in [2.45, 2.75) is 51.1 Å². The second kappa shape index (κ2) is 7.68. The van der Waals surface area contributed by atoms with E-state index in [-0.39, 0.29) is 0 Å². The van der Waals surface area contributed by atoms with Gasteiger partial charge in [0.1, 0.15) is 0 Å². The van der Waals surface area contributed by atoms with Crippen molar-refractivity contribution < 1.29 is 0 Å². The summed E-state index contributed by atoms with van der Waals surface area (Å²) < 4.78 is 0. The van der Waals surface area contributed by atoms with E-state index >= 15 is 0 Å². The van der Waals surface area contributed by atoms with Gasteiger partial charge in [0.2, 0.25) is 5.95 Å². The summed E-state index contributed by atoms with van der Waals surface area (Å²) in [6.45, 7) is 0.676. The predicted molar refractivity (Wildman–Crippen MR) is 86.5 cm³/mol. The third-order valence-electron chi connectivity index (χ3n) is 3.94. The average molecular weight is 298 g/mol.